The summed E-state index contributed by atoms with van der Waals surface area (Å²) in [7, 11) is 0. The van der Waals surface area contributed by atoms with Gasteiger partial charge in [-0.2, -0.15) is 0 Å². The number of aryl methyl sites for hydroxylation is 1. The number of rotatable bonds is 5. The minimum Gasteiger partial charge on any atom is -0.461 e. The predicted molar refractivity (Wildman–Crippen MR) is 90.4 cm³/mol. The lowest BCUT2D eigenvalue weighted by molar-refractivity contribution is -0.150. The third-order valence-electron chi connectivity index (χ3n) is 2.83. The topological polar surface area (TPSA) is 50.4 Å². The number of benzene rings is 1. The van der Waals surface area contributed by atoms with Crippen molar-refractivity contribution in [2.45, 2.75) is 46.8 Å². The average molecular weight is 308 g/mol. The molecule has 5 heteroatoms. The van der Waals surface area contributed by atoms with Crippen LogP contribution in [0.1, 0.15) is 33.3 Å². The summed E-state index contributed by atoms with van der Waals surface area (Å²) in [5.41, 5.74) is 2.04. The minimum absolute atomic E-state index is 0.0773. The van der Waals surface area contributed by atoms with Crippen molar-refractivity contribution >= 4 is 29.0 Å². The molecule has 2 N–H and O–H groups in total. The van der Waals surface area contributed by atoms with E-state index in [2.05, 4.69) is 10.6 Å². The summed E-state index contributed by atoms with van der Waals surface area (Å²) in [6, 6.07) is 7.42. The Morgan fingerprint density at radius 1 is 1.24 bits per heavy atom. The summed E-state index contributed by atoms with van der Waals surface area (Å²) < 4.78 is 5.26. The van der Waals surface area contributed by atoms with Crippen LogP contribution in [0.15, 0.2) is 24.3 Å². The first kappa shape index (κ1) is 17.4. The zero-order valence-electron chi connectivity index (χ0n) is 13.3. The Kier molecular flexibility index (Phi) is 6.62. The minimum atomic E-state index is -0.461. The second-order valence-corrected chi connectivity index (χ2v) is 6.08. The van der Waals surface area contributed by atoms with Gasteiger partial charge in [0.15, 0.2) is 5.11 Å². The lowest BCUT2D eigenvalue weighted by Gasteiger charge is -2.23. The number of hydrogen-bond acceptors (Lipinski definition) is 3. The van der Waals surface area contributed by atoms with Crippen molar-refractivity contribution in [3.8, 4) is 0 Å². The first-order chi connectivity index (χ1) is 9.79. The monoisotopic (exact) mass is 308 g/mol. The zero-order valence-corrected chi connectivity index (χ0v) is 14.1. The van der Waals surface area contributed by atoms with Crippen LogP contribution in [0.4, 0.5) is 5.69 Å². The normalized spacial score (nSPS) is 12.1. The Morgan fingerprint density at radius 2 is 1.90 bits per heavy atom. The molecule has 0 aliphatic carbocycles. The van der Waals surface area contributed by atoms with E-state index in [0.717, 1.165) is 11.3 Å². The quantitative estimate of drug-likeness (QED) is 0.646. The van der Waals surface area contributed by atoms with Crippen LogP contribution in [0.2, 0.25) is 0 Å². The van der Waals surface area contributed by atoms with Gasteiger partial charge < -0.3 is 15.4 Å². The van der Waals surface area contributed by atoms with Crippen LogP contribution in [0.5, 0.6) is 0 Å². The molecule has 21 heavy (non-hydrogen) atoms. The summed E-state index contributed by atoms with van der Waals surface area (Å²) in [6.07, 6.45) is -0.140. The van der Waals surface area contributed by atoms with E-state index in [4.69, 9.17) is 17.0 Å². The fourth-order valence-electron chi connectivity index (χ4n) is 1.83. The number of ether oxygens (including phenoxy) is 1. The van der Waals surface area contributed by atoms with Gasteiger partial charge >= 0.3 is 5.97 Å². The van der Waals surface area contributed by atoms with Crippen molar-refractivity contribution in [2.75, 3.05) is 5.32 Å². The van der Waals surface area contributed by atoms with Gasteiger partial charge in [0, 0.05) is 5.69 Å². The van der Waals surface area contributed by atoms with Crippen LogP contribution in [0.25, 0.3) is 0 Å². The van der Waals surface area contributed by atoms with Crippen LogP contribution in [-0.4, -0.2) is 23.2 Å². The molecule has 4 nitrogen and oxygen atoms in total. The average Bonchev–Trinajstić information content (AvgIpc) is 2.34. The van der Waals surface area contributed by atoms with E-state index in [9.17, 15) is 4.79 Å². The highest BCUT2D eigenvalue weighted by Gasteiger charge is 2.25. The van der Waals surface area contributed by atoms with Gasteiger partial charge in [0.2, 0.25) is 0 Å². The molecule has 0 aromatic heterocycles. The molecule has 0 spiro atoms. The van der Waals surface area contributed by atoms with Gasteiger partial charge in [0.1, 0.15) is 6.04 Å². The highest BCUT2D eigenvalue weighted by molar-refractivity contribution is 7.80. The predicted octanol–water partition coefficient (Wildman–Crippen LogP) is 3.26. The van der Waals surface area contributed by atoms with Crippen molar-refractivity contribution in [3.63, 3.8) is 0 Å². The number of hydrogen-bond donors (Lipinski definition) is 2. The van der Waals surface area contributed by atoms with E-state index in [1.807, 2.05) is 58.9 Å². The van der Waals surface area contributed by atoms with Gasteiger partial charge in [0.05, 0.1) is 6.10 Å². The Morgan fingerprint density at radius 3 is 2.43 bits per heavy atom. The molecule has 0 saturated carbocycles. The second-order valence-electron chi connectivity index (χ2n) is 5.68. The highest BCUT2D eigenvalue weighted by Crippen LogP contribution is 2.10. The molecule has 1 rings (SSSR count). The zero-order chi connectivity index (χ0) is 16.0. The lowest BCUT2D eigenvalue weighted by Crippen LogP contribution is -2.47. The summed E-state index contributed by atoms with van der Waals surface area (Å²) in [4.78, 5) is 12.1. The van der Waals surface area contributed by atoms with Crippen LogP contribution >= 0.6 is 12.2 Å². The summed E-state index contributed by atoms with van der Waals surface area (Å²) in [6.45, 7) is 9.58. The molecule has 0 aliphatic rings. The van der Waals surface area contributed by atoms with E-state index in [0.29, 0.717) is 5.11 Å². The van der Waals surface area contributed by atoms with Gasteiger partial charge in [-0.25, -0.2) is 4.79 Å². The van der Waals surface area contributed by atoms with Crippen LogP contribution in [0, 0.1) is 12.8 Å². The fourth-order valence-corrected chi connectivity index (χ4v) is 2.08. The standard InChI is InChI=1S/C16H24N2O2S/c1-10(2)14(15(19)20-11(3)4)18-16(21)17-13-8-6-7-12(5)9-13/h6-11,14H,1-5H3,(H2,17,18,21)/t14-/m0/s1. The Balaban J connectivity index is 2.66. The Labute approximate surface area is 132 Å². The molecule has 1 aromatic carbocycles. The molecule has 0 fully saturated rings. The largest absolute Gasteiger partial charge is 0.461 e. The van der Waals surface area contributed by atoms with Gasteiger partial charge in [-0.3, -0.25) is 0 Å². The number of carbonyl (C=O) groups excluding carboxylic acids is 1. The van der Waals surface area contributed by atoms with Gasteiger partial charge in [-0.15, -0.1) is 0 Å². The molecule has 0 amide bonds. The number of esters is 1. The van der Waals surface area contributed by atoms with Crippen molar-refractivity contribution in [1.82, 2.24) is 5.32 Å². The summed E-state index contributed by atoms with van der Waals surface area (Å²) in [5.74, 6) is -0.207. The van der Waals surface area contributed by atoms with E-state index in [1.165, 1.54) is 0 Å². The molecule has 0 aliphatic heterocycles. The number of thiocarbonyl (C=S) groups is 1. The maximum Gasteiger partial charge on any atom is 0.329 e. The lowest BCUT2D eigenvalue weighted by atomic mass is 10.1. The molecule has 1 aromatic rings. The molecule has 116 valence electrons. The SMILES string of the molecule is Cc1cccc(NC(=S)N[C@H](C(=O)OC(C)C)C(C)C)c1. The first-order valence-electron chi connectivity index (χ1n) is 7.14. The van der Waals surface area contributed by atoms with Crippen molar-refractivity contribution < 1.29 is 9.53 Å². The van der Waals surface area contributed by atoms with Gasteiger partial charge in [-0.05, 0) is 56.6 Å². The smallest absolute Gasteiger partial charge is 0.329 e. The van der Waals surface area contributed by atoms with E-state index in [-0.39, 0.29) is 18.0 Å². The molecule has 1 atom stereocenters. The Bertz CT molecular complexity index is 501. The maximum atomic E-state index is 12.1. The first-order valence-corrected chi connectivity index (χ1v) is 7.55. The van der Waals surface area contributed by atoms with Crippen molar-refractivity contribution in [1.29, 1.82) is 0 Å². The molecule has 0 heterocycles. The molecular formula is C16H24N2O2S. The number of carbonyl (C=O) groups is 1. The second kappa shape index (κ2) is 7.98. The van der Waals surface area contributed by atoms with Crippen LogP contribution in [-0.2, 0) is 9.53 Å². The van der Waals surface area contributed by atoms with Crippen LogP contribution < -0.4 is 10.6 Å². The number of nitrogens with one attached hydrogen (secondary N) is 2. The molecule has 0 unspecified atom stereocenters. The summed E-state index contributed by atoms with van der Waals surface area (Å²) >= 11 is 5.28. The van der Waals surface area contributed by atoms with Gasteiger partial charge in [-0.1, -0.05) is 26.0 Å². The third kappa shape index (κ3) is 6.12. The van der Waals surface area contributed by atoms with E-state index in [1.54, 1.807) is 0 Å². The maximum absolute atomic E-state index is 12.1. The van der Waals surface area contributed by atoms with Gasteiger partial charge in [0.25, 0.3) is 0 Å². The van der Waals surface area contributed by atoms with Crippen molar-refractivity contribution in [3.05, 3.63) is 29.8 Å². The number of anilines is 1. The summed E-state index contributed by atoms with van der Waals surface area (Å²) in [5, 5.41) is 6.54. The molecule has 0 saturated heterocycles. The molecule has 0 radical (unpaired) electrons. The third-order valence-corrected chi connectivity index (χ3v) is 3.05. The van der Waals surface area contributed by atoms with Crippen LogP contribution in [0.3, 0.4) is 0 Å². The molecular weight excluding hydrogens is 284 g/mol. The fraction of sp³-hybridized carbons (Fsp3) is 0.500. The highest BCUT2D eigenvalue weighted by atomic mass is 32.1. The Hall–Kier alpha value is -1.62. The molecule has 0 bridgehead atoms. The van der Waals surface area contributed by atoms with E-state index >= 15 is 0 Å². The van der Waals surface area contributed by atoms with E-state index < -0.39 is 6.04 Å². The van der Waals surface area contributed by atoms with Crippen molar-refractivity contribution in [2.24, 2.45) is 5.92 Å².